The molecule has 0 aliphatic rings. The van der Waals surface area contributed by atoms with Gasteiger partial charge in [0.05, 0.1) is 5.52 Å². The number of aromatic nitrogens is 3. The number of anilines is 1. The van der Waals surface area contributed by atoms with Gasteiger partial charge in [-0.25, -0.2) is 9.97 Å². The summed E-state index contributed by atoms with van der Waals surface area (Å²) >= 11 is 0. The molecule has 0 radical (unpaired) electrons. The number of para-hydroxylation sites is 1. The lowest BCUT2D eigenvalue weighted by Gasteiger charge is -2.12. The molecule has 1 aromatic carbocycles. The quantitative estimate of drug-likeness (QED) is 0.524. The molecule has 0 unspecified atom stereocenters. The molecule has 2 aromatic heterocycles. The van der Waals surface area contributed by atoms with E-state index in [-0.39, 0.29) is 5.91 Å². The van der Waals surface area contributed by atoms with Crippen LogP contribution < -0.4 is 15.9 Å². The Morgan fingerprint density at radius 1 is 1.18 bits per heavy atom. The molecule has 0 saturated carbocycles. The molecular weight excluding hydrogens is 354 g/mol. The third kappa shape index (κ3) is 4.35. The first-order chi connectivity index (χ1) is 13.7. The van der Waals surface area contributed by atoms with Crippen LogP contribution in [0.15, 0.2) is 24.3 Å². The highest BCUT2D eigenvalue weighted by atomic mass is 16.7. The number of amides is 1. The monoisotopic (exact) mass is 383 g/mol. The van der Waals surface area contributed by atoms with E-state index in [2.05, 4.69) is 17.2 Å². The number of unbranched alkanes of at least 4 members (excludes halogenated alkanes) is 2. The van der Waals surface area contributed by atoms with E-state index in [1.165, 1.54) is 0 Å². The number of rotatable bonds is 10. The van der Waals surface area contributed by atoms with Crippen molar-refractivity contribution < 1.29 is 9.63 Å². The molecule has 0 atom stereocenters. The van der Waals surface area contributed by atoms with Gasteiger partial charge in [-0.1, -0.05) is 38.5 Å². The molecule has 3 aromatic rings. The zero-order valence-electron chi connectivity index (χ0n) is 16.7. The van der Waals surface area contributed by atoms with Crippen molar-refractivity contribution in [1.29, 1.82) is 0 Å². The molecule has 2 heterocycles. The molecule has 7 heteroatoms. The van der Waals surface area contributed by atoms with Gasteiger partial charge < -0.3 is 15.9 Å². The summed E-state index contributed by atoms with van der Waals surface area (Å²) in [5.41, 5.74) is 8.60. The van der Waals surface area contributed by atoms with Gasteiger partial charge in [-0.3, -0.25) is 4.79 Å². The van der Waals surface area contributed by atoms with Crippen molar-refractivity contribution in [3.63, 3.8) is 0 Å². The second-order valence-corrected chi connectivity index (χ2v) is 6.88. The number of nitrogens with one attached hydrogen (secondary N) is 1. The maximum absolute atomic E-state index is 11.3. The molecule has 0 saturated heterocycles. The fraction of sp³-hybridized carbons (Fsp3) is 0.476. The summed E-state index contributed by atoms with van der Waals surface area (Å²) in [5.74, 6) is 1.38. The van der Waals surface area contributed by atoms with Crippen molar-refractivity contribution in [3.05, 3.63) is 30.1 Å². The Morgan fingerprint density at radius 2 is 2.00 bits per heavy atom. The second kappa shape index (κ2) is 9.39. The minimum atomic E-state index is 0.0813. The molecule has 28 heavy (non-hydrogen) atoms. The van der Waals surface area contributed by atoms with E-state index >= 15 is 0 Å². The summed E-state index contributed by atoms with van der Waals surface area (Å²) in [6.07, 6.45) is 5.16. The third-order valence-corrected chi connectivity index (χ3v) is 4.73. The average molecular weight is 383 g/mol. The normalized spacial score (nSPS) is 11.2. The van der Waals surface area contributed by atoms with E-state index in [1.807, 2.05) is 35.9 Å². The van der Waals surface area contributed by atoms with Gasteiger partial charge in [0.2, 0.25) is 5.91 Å². The lowest BCUT2D eigenvalue weighted by molar-refractivity contribution is -0.120. The number of carbonyl (C=O) groups is 1. The Morgan fingerprint density at radius 3 is 2.79 bits per heavy atom. The number of nitrogens with zero attached hydrogens (tertiary/aromatic N) is 3. The van der Waals surface area contributed by atoms with Crippen LogP contribution in [0.5, 0.6) is 0 Å². The lowest BCUT2D eigenvalue weighted by Crippen LogP contribution is -2.24. The smallest absolute Gasteiger partial charge is 0.219 e. The summed E-state index contributed by atoms with van der Waals surface area (Å²) in [6, 6.07) is 7.91. The number of carbonyl (C=O) groups excluding carboxylic acids is 1. The van der Waals surface area contributed by atoms with Gasteiger partial charge in [-0.2, -0.15) is 4.73 Å². The lowest BCUT2D eigenvalue weighted by atomic mass is 10.2. The van der Waals surface area contributed by atoms with Crippen LogP contribution in [-0.4, -0.2) is 33.8 Å². The van der Waals surface area contributed by atoms with Crippen LogP contribution >= 0.6 is 0 Å². The van der Waals surface area contributed by atoms with E-state index in [9.17, 15) is 4.79 Å². The standard InChI is InChI=1S/C21H29N5O2/c1-3-5-12-17-25-19-20(15-10-6-7-11-16(15)24-21(19)22)26(17)28-14-9-8-13-23-18(27)4-2/h6-7,10-11H,3-5,8-9,12-14H2,1-2H3,(H2,22,24)(H,23,27). The van der Waals surface area contributed by atoms with Crippen LogP contribution in [0.4, 0.5) is 5.82 Å². The summed E-state index contributed by atoms with van der Waals surface area (Å²) in [4.78, 5) is 26.7. The molecule has 150 valence electrons. The molecule has 0 aliphatic carbocycles. The van der Waals surface area contributed by atoms with Crippen molar-refractivity contribution in [2.45, 2.75) is 52.4 Å². The minimum absolute atomic E-state index is 0.0813. The van der Waals surface area contributed by atoms with Crippen LogP contribution in [0, 0.1) is 0 Å². The van der Waals surface area contributed by atoms with Crippen molar-refractivity contribution in [2.24, 2.45) is 0 Å². The zero-order chi connectivity index (χ0) is 19.9. The van der Waals surface area contributed by atoms with Crippen LogP contribution in [0.25, 0.3) is 21.9 Å². The number of benzene rings is 1. The summed E-state index contributed by atoms with van der Waals surface area (Å²) < 4.78 is 1.84. The molecule has 0 spiro atoms. The molecule has 0 aliphatic heterocycles. The molecular formula is C21H29N5O2. The number of nitrogens with two attached hydrogens (primary N) is 1. The van der Waals surface area contributed by atoms with Gasteiger partial charge in [0, 0.05) is 24.8 Å². The first-order valence-electron chi connectivity index (χ1n) is 10.1. The number of hydrogen-bond acceptors (Lipinski definition) is 5. The van der Waals surface area contributed by atoms with Gasteiger partial charge in [0.15, 0.2) is 5.82 Å². The number of nitrogen functional groups attached to an aromatic ring is 1. The molecule has 0 bridgehead atoms. The predicted molar refractivity (Wildman–Crippen MR) is 112 cm³/mol. The molecule has 1 amide bonds. The maximum Gasteiger partial charge on any atom is 0.219 e. The fourth-order valence-corrected chi connectivity index (χ4v) is 3.19. The molecule has 0 fully saturated rings. The summed E-state index contributed by atoms with van der Waals surface area (Å²) in [7, 11) is 0. The number of fused-ring (bicyclic) bond motifs is 3. The van der Waals surface area contributed by atoms with E-state index in [0.29, 0.717) is 30.9 Å². The predicted octanol–water partition coefficient (Wildman–Crippen LogP) is 3.24. The summed E-state index contributed by atoms with van der Waals surface area (Å²) in [5, 5.41) is 3.87. The number of pyridine rings is 1. The second-order valence-electron chi connectivity index (χ2n) is 6.88. The summed E-state index contributed by atoms with van der Waals surface area (Å²) in [6.45, 7) is 5.22. The number of hydrogen-bond donors (Lipinski definition) is 2. The van der Waals surface area contributed by atoms with Gasteiger partial charge in [-0.15, -0.1) is 0 Å². The first kappa shape index (κ1) is 19.9. The van der Waals surface area contributed by atoms with Crippen molar-refractivity contribution in [3.8, 4) is 0 Å². The van der Waals surface area contributed by atoms with Crippen LogP contribution in [0.1, 0.15) is 51.8 Å². The van der Waals surface area contributed by atoms with E-state index < -0.39 is 0 Å². The van der Waals surface area contributed by atoms with Gasteiger partial charge >= 0.3 is 0 Å². The molecule has 7 nitrogen and oxygen atoms in total. The van der Waals surface area contributed by atoms with Crippen LogP contribution in [0.2, 0.25) is 0 Å². The minimum Gasteiger partial charge on any atom is -0.412 e. The fourth-order valence-electron chi connectivity index (χ4n) is 3.19. The average Bonchev–Trinajstić information content (AvgIpc) is 3.08. The van der Waals surface area contributed by atoms with Crippen LogP contribution in [-0.2, 0) is 11.2 Å². The Bertz CT molecular complexity index is 951. The largest absolute Gasteiger partial charge is 0.412 e. The van der Waals surface area contributed by atoms with Crippen molar-refractivity contribution in [2.75, 3.05) is 18.9 Å². The van der Waals surface area contributed by atoms with E-state index in [4.69, 9.17) is 15.6 Å². The highest BCUT2D eigenvalue weighted by Crippen LogP contribution is 2.28. The van der Waals surface area contributed by atoms with Crippen molar-refractivity contribution in [1.82, 2.24) is 20.0 Å². The third-order valence-electron chi connectivity index (χ3n) is 4.73. The Kier molecular flexibility index (Phi) is 6.68. The topological polar surface area (TPSA) is 95.1 Å². The Labute approximate surface area is 165 Å². The maximum atomic E-state index is 11.3. The van der Waals surface area contributed by atoms with Gasteiger partial charge in [-0.05, 0) is 25.3 Å². The zero-order valence-corrected chi connectivity index (χ0v) is 16.7. The Balaban J connectivity index is 1.83. The molecule has 3 N–H and O–H groups in total. The number of aryl methyl sites for hydroxylation is 1. The van der Waals surface area contributed by atoms with Crippen LogP contribution in [0.3, 0.4) is 0 Å². The SMILES string of the molecule is CCCCc1nc2c(N)nc3ccccc3c2n1OCCCCNC(=O)CC. The van der Waals surface area contributed by atoms with E-state index in [0.717, 1.165) is 54.3 Å². The van der Waals surface area contributed by atoms with Gasteiger partial charge in [0.1, 0.15) is 23.5 Å². The highest BCUT2D eigenvalue weighted by molar-refractivity contribution is 6.06. The molecule has 3 rings (SSSR count). The highest BCUT2D eigenvalue weighted by Gasteiger charge is 2.18. The number of imidazole rings is 1. The Hall–Kier alpha value is -2.83. The van der Waals surface area contributed by atoms with E-state index in [1.54, 1.807) is 0 Å². The van der Waals surface area contributed by atoms with Crippen molar-refractivity contribution >= 4 is 33.7 Å². The van der Waals surface area contributed by atoms with Gasteiger partial charge in [0.25, 0.3) is 0 Å². The first-order valence-corrected chi connectivity index (χ1v) is 10.1.